The summed E-state index contributed by atoms with van der Waals surface area (Å²) < 4.78 is 27.8. The van der Waals surface area contributed by atoms with Crippen molar-refractivity contribution >= 4 is 11.8 Å². The zero-order valence-electron chi connectivity index (χ0n) is 24.3. The van der Waals surface area contributed by atoms with Gasteiger partial charge in [0.1, 0.15) is 11.6 Å². The molecule has 2 amide bonds. The Morgan fingerprint density at radius 1 is 0.975 bits per heavy atom. The van der Waals surface area contributed by atoms with Gasteiger partial charge in [-0.1, -0.05) is 64.3 Å². The van der Waals surface area contributed by atoms with E-state index in [9.17, 15) is 23.5 Å². The summed E-state index contributed by atoms with van der Waals surface area (Å²) in [4.78, 5) is 24.3. The average Bonchev–Trinajstić information content (AvgIpc) is 2.91. The van der Waals surface area contributed by atoms with E-state index < -0.39 is 23.8 Å². The van der Waals surface area contributed by atoms with Crippen molar-refractivity contribution in [3.05, 3.63) is 70.8 Å². The number of benzene rings is 2. The monoisotopic (exact) mass is 557 g/mol. The molecule has 2 atom stereocenters. The second kappa shape index (κ2) is 14.2. The Hall–Kier alpha value is -2.84. The first-order chi connectivity index (χ1) is 18.9. The summed E-state index contributed by atoms with van der Waals surface area (Å²) in [5, 5.41) is 20.4. The number of rotatable bonds is 12. The second-order valence-corrected chi connectivity index (χ2v) is 12.1. The maximum absolute atomic E-state index is 13.9. The van der Waals surface area contributed by atoms with E-state index in [-0.39, 0.29) is 48.6 Å². The molecular weight excluding hydrogens is 512 g/mol. The normalized spacial score (nSPS) is 16.7. The SMILES string of the molecule is CNC(=O)CCCC(=O)NC(Cc1cc(F)cc(F)c1)C(O)CNC1(c2cccc(C(C)(C)C)c2)CCCCC1. The molecule has 0 aromatic heterocycles. The number of halogens is 2. The highest BCUT2D eigenvalue weighted by atomic mass is 19.1. The lowest BCUT2D eigenvalue weighted by Crippen LogP contribution is -2.53. The van der Waals surface area contributed by atoms with Crippen molar-refractivity contribution in [3.63, 3.8) is 0 Å². The van der Waals surface area contributed by atoms with Gasteiger partial charge in [-0.25, -0.2) is 8.78 Å². The van der Waals surface area contributed by atoms with Gasteiger partial charge in [-0.15, -0.1) is 0 Å². The van der Waals surface area contributed by atoms with Crippen molar-refractivity contribution in [3.8, 4) is 0 Å². The van der Waals surface area contributed by atoms with Crippen LogP contribution in [0.1, 0.15) is 88.8 Å². The van der Waals surface area contributed by atoms with Crippen LogP contribution in [0.4, 0.5) is 8.78 Å². The fourth-order valence-corrected chi connectivity index (χ4v) is 5.53. The van der Waals surface area contributed by atoms with E-state index in [0.717, 1.165) is 38.2 Å². The molecule has 0 aliphatic heterocycles. The van der Waals surface area contributed by atoms with Crippen LogP contribution in [0.5, 0.6) is 0 Å². The minimum absolute atomic E-state index is 0.00120. The van der Waals surface area contributed by atoms with E-state index >= 15 is 0 Å². The lowest BCUT2D eigenvalue weighted by Gasteiger charge is -2.41. The van der Waals surface area contributed by atoms with E-state index in [4.69, 9.17) is 0 Å². The van der Waals surface area contributed by atoms with Crippen LogP contribution < -0.4 is 16.0 Å². The highest BCUT2D eigenvalue weighted by Gasteiger charge is 2.35. The molecule has 0 radical (unpaired) electrons. The smallest absolute Gasteiger partial charge is 0.220 e. The third kappa shape index (κ3) is 9.10. The molecule has 2 unspecified atom stereocenters. The highest BCUT2D eigenvalue weighted by Crippen LogP contribution is 2.38. The largest absolute Gasteiger partial charge is 0.390 e. The van der Waals surface area contributed by atoms with E-state index in [2.05, 4.69) is 61.0 Å². The number of nitrogens with one attached hydrogen (secondary N) is 3. The average molecular weight is 558 g/mol. The lowest BCUT2D eigenvalue weighted by atomic mass is 9.74. The zero-order valence-corrected chi connectivity index (χ0v) is 24.3. The molecule has 2 aromatic carbocycles. The molecule has 3 rings (SSSR count). The van der Waals surface area contributed by atoms with Crippen LogP contribution in [0.3, 0.4) is 0 Å². The number of amides is 2. The molecule has 2 aromatic rings. The van der Waals surface area contributed by atoms with Gasteiger partial charge in [-0.2, -0.15) is 0 Å². The second-order valence-electron chi connectivity index (χ2n) is 12.1. The molecule has 0 heterocycles. The van der Waals surface area contributed by atoms with Crippen LogP contribution in [-0.2, 0) is 27.0 Å². The Balaban J connectivity index is 1.79. The molecule has 0 spiro atoms. The molecule has 8 heteroatoms. The summed E-state index contributed by atoms with van der Waals surface area (Å²) in [7, 11) is 1.54. The van der Waals surface area contributed by atoms with Gasteiger partial charge in [0.2, 0.25) is 11.8 Å². The van der Waals surface area contributed by atoms with Gasteiger partial charge >= 0.3 is 0 Å². The Labute approximate surface area is 237 Å². The van der Waals surface area contributed by atoms with E-state index in [1.807, 2.05) is 0 Å². The predicted octanol–water partition coefficient (Wildman–Crippen LogP) is 5.02. The van der Waals surface area contributed by atoms with Crippen molar-refractivity contribution in [2.45, 2.75) is 102 Å². The molecule has 1 saturated carbocycles. The Bertz CT molecular complexity index is 1120. The van der Waals surface area contributed by atoms with Gasteiger partial charge in [0, 0.05) is 38.0 Å². The first-order valence-electron chi connectivity index (χ1n) is 14.4. The summed E-state index contributed by atoms with van der Waals surface area (Å²) in [6, 6.07) is 11.1. The van der Waals surface area contributed by atoms with Crippen molar-refractivity contribution in [2.24, 2.45) is 0 Å². The summed E-state index contributed by atoms with van der Waals surface area (Å²) in [5.41, 5.74) is 2.46. The summed E-state index contributed by atoms with van der Waals surface area (Å²) >= 11 is 0. The summed E-state index contributed by atoms with van der Waals surface area (Å²) in [6.07, 6.45) is 4.87. The maximum Gasteiger partial charge on any atom is 0.220 e. The summed E-state index contributed by atoms with van der Waals surface area (Å²) in [5.74, 6) is -1.90. The molecular formula is C32H45F2N3O3. The van der Waals surface area contributed by atoms with E-state index in [0.29, 0.717) is 12.0 Å². The Kier molecular flexibility index (Phi) is 11.2. The van der Waals surface area contributed by atoms with Crippen LogP contribution in [0.2, 0.25) is 0 Å². The zero-order chi connectivity index (χ0) is 29.3. The molecule has 1 fully saturated rings. The molecule has 220 valence electrons. The maximum atomic E-state index is 13.9. The van der Waals surface area contributed by atoms with Crippen LogP contribution in [0.15, 0.2) is 42.5 Å². The van der Waals surface area contributed by atoms with Crippen molar-refractivity contribution in [2.75, 3.05) is 13.6 Å². The Morgan fingerprint density at radius 3 is 2.25 bits per heavy atom. The number of aliphatic hydroxyl groups is 1. The number of hydrogen-bond acceptors (Lipinski definition) is 4. The predicted molar refractivity (Wildman–Crippen MR) is 154 cm³/mol. The van der Waals surface area contributed by atoms with Gasteiger partial charge in [-0.3, -0.25) is 9.59 Å². The standard InChI is InChI=1S/C32H45F2N3O3/c1-31(2,3)23-10-8-11-24(19-23)32(14-6-5-7-15-32)36-21-28(38)27(18-22-16-25(33)20-26(34)17-22)37-30(40)13-9-12-29(39)35-4/h8,10-11,16-17,19-20,27-28,36,38H,5-7,9,12-15,18,21H2,1-4H3,(H,35,39)(H,37,40). The van der Waals surface area contributed by atoms with Crippen LogP contribution in [-0.4, -0.2) is 42.7 Å². The van der Waals surface area contributed by atoms with Crippen LogP contribution >= 0.6 is 0 Å². The molecule has 6 nitrogen and oxygen atoms in total. The van der Waals surface area contributed by atoms with Crippen molar-refractivity contribution < 1.29 is 23.5 Å². The van der Waals surface area contributed by atoms with Gasteiger partial charge < -0.3 is 21.1 Å². The fraction of sp³-hybridized carbons (Fsp3) is 0.562. The number of hydrogen-bond donors (Lipinski definition) is 4. The summed E-state index contributed by atoms with van der Waals surface area (Å²) in [6.45, 7) is 6.76. The lowest BCUT2D eigenvalue weighted by molar-refractivity contribution is -0.123. The molecule has 40 heavy (non-hydrogen) atoms. The van der Waals surface area contributed by atoms with Gasteiger partial charge in [-0.05, 0) is 59.9 Å². The van der Waals surface area contributed by atoms with Crippen molar-refractivity contribution in [1.82, 2.24) is 16.0 Å². The van der Waals surface area contributed by atoms with Gasteiger partial charge in [0.15, 0.2) is 0 Å². The van der Waals surface area contributed by atoms with E-state index in [1.54, 1.807) is 7.05 Å². The molecule has 0 bridgehead atoms. The third-order valence-electron chi connectivity index (χ3n) is 7.91. The van der Waals surface area contributed by atoms with Gasteiger partial charge in [0.25, 0.3) is 0 Å². The third-order valence-corrected chi connectivity index (χ3v) is 7.91. The molecule has 1 aliphatic rings. The topological polar surface area (TPSA) is 90.5 Å². The minimum Gasteiger partial charge on any atom is -0.390 e. The first-order valence-corrected chi connectivity index (χ1v) is 14.4. The fourth-order valence-electron chi connectivity index (χ4n) is 5.53. The molecule has 1 aliphatic carbocycles. The van der Waals surface area contributed by atoms with Gasteiger partial charge in [0.05, 0.1) is 12.1 Å². The first kappa shape index (κ1) is 31.7. The number of carbonyl (C=O) groups is 2. The molecule has 0 saturated heterocycles. The minimum atomic E-state index is -1.01. The molecule has 4 N–H and O–H groups in total. The number of aliphatic hydroxyl groups excluding tert-OH is 1. The highest BCUT2D eigenvalue weighted by molar-refractivity contribution is 5.78. The van der Waals surface area contributed by atoms with Crippen molar-refractivity contribution in [1.29, 1.82) is 0 Å². The van der Waals surface area contributed by atoms with E-state index in [1.165, 1.54) is 23.3 Å². The Morgan fingerprint density at radius 2 is 1.62 bits per heavy atom. The quantitative estimate of drug-likeness (QED) is 0.295. The van der Waals surface area contributed by atoms with Crippen LogP contribution in [0.25, 0.3) is 0 Å². The van der Waals surface area contributed by atoms with Crippen LogP contribution in [0, 0.1) is 11.6 Å². The number of carbonyl (C=O) groups excluding carboxylic acids is 2.